The standard InChI is InChI=1S/C16H14ClFN2O2/c17-11-8-13(15(21)19-9-11)16(22)20-7-1-2-14(20)10-3-5-12(18)6-4-10/h3-6,8-9,14H,1-2,7H2,(H,19,21)/t14-/m0/s1. The number of aromatic amines is 1. The maximum absolute atomic E-state index is 13.1. The first kappa shape index (κ1) is 14.8. The Labute approximate surface area is 131 Å². The molecule has 1 aliphatic rings. The lowest BCUT2D eigenvalue weighted by molar-refractivity contribution is 0.0734. The van der Waals surface area contributed by atoms with Crippen molar-refractivity contribution in [3.8, 4) is 0 Å². The van der Waals surface area contributed by atoms with Gasteiger partial charge in [0.1, 0.15) is 11.4 Å². The van der Waals surface area contributed by atoms with E-state index in [0.717, 1.165) is 18.4 Å². The molecule has 1 N–H and O–H groups in total. The van der Waals surface area contributed by atoms with Gasteiger partial charge in [0.2, 0.25) is 0 Å². The molecule has 1 amide bonds. The van der Waals surface area contributed by atoms with Gasteiger partial charge in [0.15, 0.2) is 0 Å². The average molecular weight is 321 g/mol. The first-order valence-electron chi connectivity index (χ1n) is 7.01. The first-order valence-corrected chi connectivity index (χ1v) is 7.39. The van der Waals surface area contributed by atoms with Crippen LogP contribution in [-0.2, 0) is 0 Å². The van der Waals surface area contributed by atoms with Gasteiger partial charge in [-0.3, -0.25) is 9.59 Å². The highest BCUT2D eigenvalue weighted by molar-refractivity contribution is 6.30. The molecule has 2 heterocycles. The second-order valence-corrected chi connectivity index (χ2v) is 5.71. The predicted molar refractivity (Wildman–Crippen MR) is 81.5 cm³/mol. The number of halogens is 2. The molecule has 0 bridgehead atoms. The zero-order chi connectivity index (χ0) is 15.7. The molecular weight excluding hydrogens is 307 g/mol. The summed E-state index contributed by atoms with van der Waals surface area (Å²) in [5.41, 5.74) is 0.436. The zero-order valence-corrected chi connectivity index (χ0v) is 12.4. The summed E-state index contributed by atoms with van der Waals surface area (Å²) in [6.07, 6.45) is 2.98. The van der Waals surface area contributed by atoms with E-state index in [1.807, 2.05) is 0 Å². The summed E-state index contributed by atoms with van der Waals surface area (Å²) < 4.78 is 13.1. The fraction of sp³-hybridized carbons (Fsp3) is 0.250. The van der Waals surface area contributed by atoms with Crippen LogP contribution in [0.1, 0.15) is 34.8 Å². The van der Waals surface area contributed by atoms with E-state index in [2.05, 4.69) is 4.98 Å². The molecular formula is C16H14ClFN2O2. The van der Waals surface area contributed by atoms with Gasteiger partial charge in [-0.15, -0.1) is 0 Å². The number of aromatic nitrogens is 1. The van der Waals surface area contributed by atoms with Crippen LogP contribution in [0.5, 0.6) is 0 Å². The maximum atomic E-state index is 13.1. The van der Waals surface area contributed by atoms with Crippen LogP contribution in [0.2, 0.25) is 5.02 Å². The van der Waals surface area contributed by atoms with Crippen molar-refractivity contribution in [3.05, 3.63) is 68.8 Å². The number of carbonyl (C=O) groups excluding carboxylic acids is 1. The molecule has 22 heavy (non-hydrogen) atoms. The summed E-state index contributed by atoms with van der Waals surface area (Å²) in [5, 5.41) is 0.306. The Balaban J connectivity index is 1.92. The zero-order valence-electron chi connectivity index (χ0n) is 11.7. The van der Waals surface area contributed by atoms with E-state index in [0.29, 0.717) is 11.6 Å². The van der Waals surface area contributed by atoms with E-state index in [-0.39, 0.29) is 23.3 Å². The molecule has 0 unspecified atom stereocenters. The average Bonchev–Trinajstić information content (AvgIpc) is 2.99. The molecule has 6 heteroatoms. The molecule has 0 spiro atoms. The van der Waals surface area contributed by atoms with Gasteiger partial charge in [-0.2, -0.15) is 0 Å². The first-order chi connectivity index (χ1) is 10.6. The molecule has 4 nitrogen and oxygen atoms in total. The second kappa shape index (κ2) is 5.93. The molecule has 0 radical (unpaired) electrons. The Morgan fingerprint density at radius 3 is 2.77 bits per heavy atom. The topological polar surface area (TPSA) is 53.2 Å². The number of hydrogen-bond acceptors (Lipinski definition) is 2. The van der Waals surface area contributed by atoms with E-state index < -0.39 is 5.56 Å². The highest BCUT2D eigenvalue weighted by atomic mass is 35.5. The van der Waals surface area contributed by atoms with E-state index in [1.165, 1.54) is 24.4 Å². The lowest BCUT2D eigenvalue weighted by Gasteiger charge is -2.25. The summed E-state index contributed by atoms with van der Waals surface area (Å²) >= 11 is 5.86. The van der Waals surface area contributed by atoms with E-state index >= 15 is 0 Å². The lowest BCUT2D eigenvalue weighted by atomic mass is 10.0. The van der Waals surface area contributed by atoms with Crippen molar-refractivity contribution in [3.63, 3.8) is 0 Å². The third-order valence-electron chi connectivity index (χ3n) is 3.87. The second-order valence-electron chi connectivity index (χ2n) is 5.27. The van der Waals surface area contributed by atoms with Gasteiger partial charge in [0.05, 0.1) is 11.1 Å². The Kier molecular flexibility index (Phi) is 3.98. The van der Waals surface area contributed by atoms with Crippen molar-refractivity contribution < 1.29 is 9.18 Å². The van der Waals surface area contributed by atoms with Gasteiger partial charge in [-0.05, 0) is 36.6 Å². The van der Waals surface area contributed by atoms with Crippen molar-refractivity contribution in [1.29, 1.82) is 0 Å². The minimum Gasteiger partial charge on any atom is -0.331 e. The molecule has 1 aromatic carbocycles. The number of H-pyrrole nitrogens is 1. The van der Waals surface area contributed by atoms with Crippen LogP contribution in [0.3, 0.4) is 0 Å². The molecule has 3 rings (SSSR count). The number of carbonyl (C=O) groups is 1. The lowest BCUT2D eigenvalue weighted by Crippen LogP contribution is -2.34. The van der Waals surface area contributed by atoms with Crippen LogP contribution in [0.4, 0.5) is 4.39 Å². The van der Waals surface area contributed by atoms with E-state index in [1.54, 1.807) is 17.0 Å². The fourth-order valence-electron chi connectivity index (χ4n) is 2.81. The van der Waals surface area contributed by atoms with Crippen molar-refractivity contribution >= 4 is 17.5 Å². The normalized spacial score (nSPS) is 17.7. The highest BCUT2D eigenvalue weighted by Gasteiger charge is 2.31. The highest BCUT2D eigenvalue weighted by Crippen LogP contribution is 2.32. The Hall–Kier alpha value is -2.14. The number of nitrogens with one attached hydrogen (secondary N) is 1. The maximum Gasteiger partial charge on any atom is 0.260 e. The third-order valence-corrected chi connectivity index (χ3v) is 4.09. The molecule has 1 atom stereocenters. The molecule has 1 saturated heterocycles. The number of nitrogens with zero attached hydrogens (tertiary/aromatic N) is 1. The van der Waals surface area contributed by atoms with Crippen LogP contribution in [0, 0.1) is 5.82 Å². The minimum atomic E-state index is -0.459. The number of benzene rings is 1. The largest absolute Gasteiger partial charge is 0.331 e. The van der Waals surface area contributed by atoms with E-state index in [9.17, 15) is 14.0 Å². The van der Waals surface area contributed by atoms with Crippen LogP contribution in [-0.4, -0.2) is 22.3 Å². The van der Waals surface area contributed by atoms with Crippen molar-refractivity contribution in [2.75, 3.05) is 6.54 Å². The van der Waals surface area contributed by atoms with Gasteiger partial charge < -0.3 is 9.88 Å². The molecule has 1 aromatic heterocycles. The van der Waals surface area contributed by atoms with Gasteiger partial charge in [-0.1, -0.05) is 23.7 Å². The molecule has 1 fully saturated rings. The summed E-state index contributed by atoms with van der Waals surface area (Å²) in [6.45, 7) is 0.562. The summed E-state index contributed by atoms with van der Waals surface area (Å²) in [4.78, 5) is 28.6. The Morgan fingerprint density at radius 1 is 1.32 bits per heavy atom. The monoisotopic (exact) mass is 320 g/mol. The third kappa shape index (κ3) is 2.76. The fourth-order valence-corrected chi connectivity index (χ4v) is 2.98. The molecule has 2 aromatic rings. The summed E-state index contributed by atoms with van der Waals surface area (Å²) in [5.74, 6) is -0.665. The van der Waals surface area contributed by atoms with Crippen LogP contribution in [0.15, 0.2) is 41.3 Å². The number of amides is 1. The van der Waals surface area contributed by atoms with Gasteiger partial charge in [0.25, 0.3) is 11.5 Å². The number of rotatable bonds is 2. The van der Waals surface area contributed by atoms with Crippen LogP contribution < -0.4 is 5.56 Å². The summed E-state index contributed by atoms with van der Waals surface area (Å²) in [7, 11) is 0. The van der Waals surface area contributed by atoms with Gasteiger partial charge in [0, 0.05) is 12.7 Å². The molecule has 114 valence electrons. The molecule has 0 saturated carbocycles. The quantitative estimate of drug-likeness (QED) is 0.924. The van der Waals surface area contributed by atoms with Gasteiger partial charge in [-0.25, -0.2) is 4.39 Å². The Morgan fingerprint density at radius 2 is 2.05 bits per heavy atom. The van der Waals surface area contributed by atoms with Crippen LogP contribution >= 0.6 is 11.6 Å². The Bertz CT molecular complexity index is 757. The van der Waals surface area contributed by atoms with Crippen LogP contribution in [0.25, 0.3) is 0 Å². The van der Waals surface area contributed by atoms with E-state index in [4.69, 9.17) is 11.6 Å². The smallest absolute Gasteiger partial charge is 0.260 e. The van der Waals surface area contributed by atoms with Crippen molar-refractivity contribution in [2.45, 2.75) is 18.9 Å². The molecule has 1 aliphatic heterocycles. The number of pyridine rings is 1. The number of hydrogen-bond donors (Lipinski definition) is 1. The molecule has 0 aliphatic carbocycles. The number of likely N-dealkylation sites (tertiary alicyclic amines) is 1. The van der Waals surface area contributed by atoms with Gasteiger partial charge >= 0.3 is 0 Å². The van der Waals surface area contributed by atoms with Crippen molar-refractivity contribution in [1.82, 2.24) is 9.88 Å². The minimum absolute atomic E-state index is 0.0292. The summed E-state index contributed by atoms with van der Waals surface area (Å²) in [6, 6.07) is 7.33. The van der Waals surface area contributed by atoms with Crippen molar-refractivity contribution in [2.24, 2.45) is 0 Å². The SMILES string of the molecule is O=C(c1cc(Cl)c[nH]c1=O)N1CCC[C@H]1c1ccc(F)cc1. The predicted octanol–water partition coefficient (Wildman–Crippen LogP) is 3.14.